The van der Waals surface area contributed by atoms with Crippen LogP contribution in [0, 0.1) is 0 Å². The van der Waals surface area contributed by atoms with Crippen LogP contribution in [0.4, 0.5) is 0 Å². The van der Waals surface area contributed by atoms with E-state index in [-0.39, 0.29) is 0 Å². The predicted octanol–water partition coefficient (Wildman–Crippen LogP) is 3.21. The van der Waals surface area contributed by atoms with Gasteiger partial charge in [-0.2, -0.15) is 0 Å². The van der Waals surface area contributed by atoms with E-state index in [1.165, 1.54) is 11.3 Å². The molecule has 1 aromatic rings. The number of hydrogen-bond donors (Lipinski definition) is 1. The zero-order chi connectivity index (χ0) is 10.4. The molecule has 3 heteroatoms. The van der Waals surface area contributed by atoms with Crippen LogP contribution in [0.25, 0.3) is 0 Å². The zero-order valence-electron chi connectivity index (χ0n) is 9.17. The fourth-order valence-corrected chi connectivity index (χ4v) is 2.49. The Morgan fingerprint density at radius 1 is 1.50 bits per heavy atom. The molecule has 1 heterocycles. The fourth-order valence-electron chi connectivity index (χ4n) is 1.47. The number of ether oxygens (including phenoxy) is 1. The van der Waals surface area contributed by atoms with Crippen molar-refractivity contribution in [3.63, 3.8) is 0 Å². The lowest BCUT2D eigenvalue weighted by molar-refractivity contribution is 0.401. The molecule has 80 valence electrons. The first-order valence-corrected chi connectivity index (χ1v) is 6.06. The van der Waals surface area contributed by atoms with Crippen molar-refractivity contribution in [3.05, 3.63) is 16.3 Å². The molecule has 1 atom stereocenters. The number of methoxy groups -OCH3 is 1. The molecule has 0 radical (unpaired) electrons. The van der Waals surface area contributed by atoms with Crippen LogP contribution in [-0.4, -0.2) is 13.7 Å². The Kier molecular flexibility index (Phi) is 4.98. The first kappa shape index (κ1) is 11.5. The molecule has 0 aromatic carbocycles. The maximum absolute atomic E-state index is 5.32. The van der Waals surface area contributed by atoms with Gasteiger partial charge in [0.25, 0.3) is 0 Å². The Balaban J connectivity index is 2.67. The van der Waals surface area contributed by atoms with Crippen LogP contribution < -0.4 is 10.1 Å². The normalized spacial score (nSPS) is 12.8. The summed E-state index contributed by atoms with van der Waals surface area (Å²) in [6, 6.07) is 2.49. The Labute approximate surface area is 90.3 Å². The summed E-state index contributed by atoms with van der Waals surface area (Å²) in [7, 11) is 1.73. The van der Waals surface area contributed by atoms with Gasteiger partial charge in [0.15, 0.2) is 0 Å². The van der Waals surface area contributed by atoms with E-state index in [1.807, 2.05) is 6.07 Å². The number of hydrogen-bond acceptors (Lipinski definition) is 3. The van der Waals surface area contributed by atoms with E-state index in [4.69, 9.17) is 4.74 Å². The third kappa shape index (κ3) is 2.72. The van der Waals surface area contributed by atoms with Crippen molar-refractivity contribution in [1.82, 2.24) is 5.32 Å². The second-order valence-corrected chi connectivity index (χ2v) is 4.22. The average molecular weight is 213 g/mol. The second-order valence-electron chi connectivity index (χ2n) is 3.27. The molecule has 0 amide bonds. The average Bonchev–Trinajstić information content (AvgIpc) is 2.67. The maximum atomic E-state index is 5.32. The maximum Gasteiger partial charge on any atom is 0.134 e. The van der Waals surface area contributed by atoms with Crippen LogP contribution in [0.5, 0.6) is 5.75 Å². The van der Waals surface area contributed by atoms with Gasteiger partial charge < -0.3 is 10.1 Å². The Morgan fingerprint density at radius 2 is 2.29 bits per heavy atom. The Morgan fingerprint density at radius 3 is 2.86 bits per heavy atom. The summed E-state index contributed by atoms with van der Waals surface area (Å²) in [4.78, 5) is 1.32. The molecule has 0 fully saturated rings. The van der Waals surface area contributed by atoms with Crippen molar-refractivity contribution < 1.29 is 4.74 Å². The van der Waals surface area contributed by atoms with Crippen LogP contribution in [-0.2, 0) is 0 Å². The zero-order valence-corrected chi connectivity index (χ0v) is 9.99. The third-order valence-corrected chi connectivity index (χ3v) is 3.25. The molecule has 2 nitrogen and oxygen atoms in total. The van der Waals surface area contributed by atoms with Gasteiger partial charge >= 0.3 is 0 Å². The molecule has 0 aliphatic heterocycles. The lowest BCUT2D eigenvalue weighted by Gasteiger charge is -2.16. The molecule has 0 aliphatic carbocycles. The highest BCUT2D eigenvalue weighted by Crippen LogP contribution is 2.32. The van der Waals surface area contributed by atoms with Crippen LogP contribution >= 0.6 is 11.3 Å². The smallest absolute Gasteiger partial charge is 0.134 e. The predicted molar refractivity (Wildman–Crippen MR) is 62.2 cm³/mol. The molecule has 1 aromatic heterocycles. The van der Waals surface area contributed by atoms with Crippen molar-refractivity contribution in [2.24, 2.45) is 0 Å². The van der Waals surface area contributed by atoms with E-state index < -0.39 is 0 Å². The Bertz CT molecular complexity index is 260. The summed E-state index contributed by atoms with van der Waals surface area (Å²) in [6.07, 6.45) is 2.28. The highest BCUT2D eigenvalue weighted by atomic mass is 32.1. The van der Waals surface area contributed by atoms with Crippen LogP contribution in [0.15, 0.2) is 11.4 Å². The fraction of sp³-hybridized carbons (Fsp3) is 0.636. The number of rotatable bonds is 6. The van der Waals surface area contributed by atoms with Gasteiger partial charge in [-0.05, 0) is 30.8 Å². The summed E-state index contributed by atoms with van der Waals surface area (Å²) >= 11 is 1.77. The SMILES string of the molecule is CCCNC(CC)c1sccc1OC. The van der Waals surface area contributed by atoms with Gasteiger partial charge in [0, 0.05) is 6.04 Å². The van der Waals surface area contributed by atoms with E-state index >= 15 is 0 Å². The molecule has 1 unspecified atom stereocenters. The van der Waals surface area contributed by atoms with Gasteiger partial charge in [-0.15, -0.1) is 11.3 Å². The molecular weight excluding hydrogens is 194 g/mol. The van der Waals surface area contributed by atoms with Gasteiger partial charge in [-0.3, -0.25) is 0 Å². The summed E-state index contributed by atoms with van der Waals surface area (Å²) < 4.78 is 5.32. The van der Waals surface area contributed by atoms with Crippen molar-refractivity contribution in [1.29, 1.82) is 0 Å². The Hall–Kier alpha value is -0.540. The summed E-state index contributed by atoms with van der Waals surface area (Å²) in [6.45, 7) is 5.46. The lowest BCUT2D eigenvalue weighted by Crippen LogP contribution is -2.20. The summed E-state index contributed by atoms with van der Waals surface area (Å²) in [5.41, 5.74) is 0. The minimum Gasteiger partial charge on any atom is -0.496 e. The van der Waals surface area contributed by atoms with E-state index in [9.17, 15) is 0 Å². The lowest BCUT2D eigenvalue weighted by atomic mass is 10.1. The first-order chi connectivity index (χ1) is 6.83. The van der Waals surface area contributed by atoms with Crippen molar-refractivity contribution in [3.8, 4) is 5.75 Å². The van der Waals surface area contributed by atoms with Crippen LogP contribution in [0.3, 0.4) is 0 Å². The van der Waals surface area contributed by atoms with Gasteiger partial charge in [0.2, 0.25) is 0 Å². The van der Waals surface area contributed by atoms with E-state index in [2.05, 4.69) is 24.5 Å². The van der Waals surface area contributed by atoms with E-state index in [0.717, 1.165) is 18.7 Å². The molecule has 0 saturated carbocycles. The number of nitrogens with one attached hydrogen (secondary N) is 1. The molecule has 1 rings (SSSR count). The van der Waals surface area contributed by atoms with Crippen LogP contribution in [0.1, 0.15) is 37.6 Å². The van der Waals surface area contributed by atoms with E-state index in [1.54, 1.807) is 18.4 Å². The molecule has 0 aliphatic rings. The van der Waals surface area contributed by atoms with Crippen molar-refractivity contribution in [2.75, 3.05) is 13.7 Å². The van der Waals surface area contributed by atoms with Gasteiger partial charge in [-0.25, -0.2) is 0 Å². The van der Waals surface area contributed by atoms with Crippen molar-refractivity contribution in [2.45, 2.75) is 32.7 Å². The van der Waals surface area contributed by atoms with Gasteiger partial charge in [0.05, 0.1) is 12.0 Å². The summed E-state index contributed by atoms with van der Waals surface area (Å²) in [5.74, 6) is 1.02. The molecule has 1 N–H and O–H groups in total. The quantitative estimate of drug-likeness (QED) is 0.783. The molecule has 0 saturated heterocycles. The van der Waals surface area contributed by atoms with E-state index in [0.29, 0.717) is 6.04 Å². The standard InChI is InChI=1S/C11H19NOS/c1-4-7-12-9(5-2)11-10(13-3)6-8-14-11/h6,8-9,12H,4-5,7H2,1-3H3. The molecular formula is C11H19NOS. The molecule has 14 heavy (non-hydrogen) atoms. The van der Waals surface area contributed by atoms with Gasteiger partial charge in [-0.1, -0.05) is 13.8 Å². The molecule has 0 spiro atoms. The minimum atomic E-state index is 0.449. The second kappa shape index (κ2) is 6.04. The topological polar surface area (TPSA) is 21.3 Å². The summed E-state index contributed by atoms with van der Waals surface area (Å²) in [5, 5.41) is 5.61. The minimum absolute atomic E-state index is 0.449. The van der Waals surface area contributed by atoms with Gasteiger partial charge in [0.1, 0.15) is 5.75 Å². The number of thiophene rings is 1. The first-order valence-electron chi connectivity index (χ1n) is 5.18. The highest BCUT2D eigenvalue weighted by molar-refractivity contribution is 7.10. The van der Waals surface area contributed by atoms with Crippen LogP contribution in [0.2, 0.25) is 0 Å². The molecule has 0 bridgehead atoms. The largest absolute Gasteiger partial charge is 0.496 e. The third-order valence-electron chi connectivity index (χ3n) is 2.24. The monoisotopic (exact) mass is 213 g/mol. The highest BCUT2D eigenvalue weighted by Gasteiger charge is 2.14. The van der Waals surface area contributed by atoms with Crippen molar-refractivity contribution >= 4 is 11.3 Å².